The molecule has 1 aliphatic rings. The molecule has 1 fully saturated rings. The first-order chi connectivity index (χ1) is 11.2. The van der Waals surface area contributed by atoms with Crippen LogP contribution in [0.25, 0.3) is 10.1 Å². The van der Waals surface area contributed by atoms with E-state index in [1.165, 1.54) is 23.7 Å². The number of halogens is 2. The quantitative estimate of drug-likeness (QED) is 0.754. The summed E-state index contributed by atoms with van der Waals surface area (Å²) in [5.74, 6) is 0.578. The number of carbonyl (C=O) groups excluding carboxylic acids is 1. The zero-order valence-electron chi connectivity index (χ0n) is 13.5. The standard InChI is InChI=1S/C16H20FN3O2S.ClH/c1-2-22-15(21)5-6-19-7-9-20(10-8-19)16-13-4-3-12(17)11-14(13)23-18-16;/h3-4,11H,2,5-10H2,1H3;1H. The molecule has 0 amide bonds. The van der Waals surface area contributed by atoms with Crippen LogP contribution >= 0.6 is 23.9 Å². The lowest BCUT2D eigenvalue weighted by Crippen LogP contribution is -2.47. The fourth-order valence-electron chi connectivity index (χ4n) is 2.79. The highest BCUT2D eigenvalue weighted by molar-refractivity contribution is 7.13. The third-order valence-electron chi connectivity index (χ3n) is 4.02. The molecule has 1 aliphatic heterocycles. The van der Waals surface area contributed by atoms with E-state index < -0.39 is 0 Å². The van der Waals surface area contributed by atoms with Gasteiger partial charge in [0.1, 0.15) is 11.6 Å². The topological polar surface area (TPSA) is 45.7 Å². The van der Waals surface area contributed by atoms with Crippen molar-refractivity contribution in [2.45, 2.75) is 13.3 Å². The number of anilines is 1. The Bertz CT molecular complexity index is 689. The largest absolute Gasteiger partial charge is 0.466 e. The van der Waals surface area contributed by atoms with Crippen molar-refractivity contribution in [3.05, 3.63) is 24.0 Å². The Labute approximate surface area is 151 Å². The van der Waals surface area contributed by atoms with E-state index in [-0.39, 0.29) is 24.2 Å². The van der Waals surface area contributed by atoms with Gasteiger partial charge in [-0.05, 0) is 36.7 Å². The number of hydrogen-bond acceptors (Lipinski definition) is 6. The Morgan fingerprint density at radius 3 is 2.79 bits per heavy atom. The van der Waals surface area contributed by atoms with Crippen LogP contribution in [0.1, 0.15) is 13.3 Å². The molecule has 0 spiro atoms. The minimum atomic E-state index is -0.225. The van der Waals surface area contributed by atoms with Gasteiger partial charge in [-0.15, -0.1) is 12.4 Å². The lowest BCUT2D eigenvalue weighted by atomic mass is 10.2. The Morgan fingerprint density at radius 1 is 1.33 bits per heavy atom. The molecule has 3 rings (SSSR count). The van der Waals surface area contributed by atoms with Crippen molar-refractivity contribution >= 4 is 45.8 Å². The number of rotatable bonds is 5. The molecule has 8 heteroatoms. The van der Waals surface area contributed by atoms with Crippen molar-refractivity contribution in [1.82, 2.24) is 9.27 Å². The van der Waals surface area contributed by atoms with Gasteiger partial charge < -0.3 is 9.64 Å². The van der Waals surface area contributed by atoms with Gasteiger partial charge in [-0.1, -0.05) is 0 Å². The lowest BCUT2D eigenvalue weighted by molar-refractivity contribution is -0.143. The molecular formula is C16H21ClFN3O2S. The van der Waals surface area contributed by atoms with Crippen LogP contribution in [0.2, 0.25) is 0 Å². The Kier molecular flexibility index (Phi) is 6.77. The third-order valence-corrected chi connectivity index (χ3v) is 4.82. The summed E-state index contributed by atoms with van der Waals surface area (Å²) in [6.07, 6.45) is 0.437. The summed E-state index contributed by atoms with van der Waals surface area (Å²) in [5.41, 5.74) is 0. The van der Waals surface area contributed by atoms with Crippen molar-refractivity contribution in [1.29, 1.82) is 0 Å². The Balaban J connectivity index is 0.00000208. The van der Waals surface area contributed by atoms with Crippen molar-refractivity contribution in [3.8, 4) is 0 Å². The first-order valence-corrected chi connectivity index (χ1v) is 8.62. The number of carbonyl (C=O) groups is 1. The van der Waals surface area contributed by atoms with Crippen LogP contribution < -0.4 is 4.90 Å². The highest BCUT2D eigenvalue weighted by atomic mass is 35.5. The fourth-order valence-corrected chi connectivity index (χ4v) is 3.61. The number of fused-ring (bicyclic) bond motifs is 1. The maximum atomic E-state index is 13.3. The number of ether oxygens (including phenoxy) is 1. The molecule has 1 aromatic heterocycles. The summed E-state index contributed by atoms with van der Waals surface area (Å²) in [7, 11) is 0. The average Bonchev–Trinajstić information content (AvgIpc) is 2.96. The fraction of sp³-hybridized carbons (Fsp3) is 0.500. The van der Waals surface area contributed by atoms with E-state index in [1.54, 1.807) is 6.07 Å². The molecule has 24 heavy (non-hydrogen) atoms. The van der Waals surface area contributed by atoms with Gasteiger partial charge in [0, 0.05) is 38.1 Å². The molecule has 1 saturated heterocycles. The molecule has 0 unspecified atom stereocenters. The highest BCUT2D eigenvalue weighted by Crippen LogP contribution is 2.30. The second-order valence-corrected chi connectivity index (χ2v) is 6.34. The monoisotopic (exact) mass is 373 g/mol. The summed E-state index contributed by atoms with van der Waals surface area (Å²) in [4.78, 5) is 15.9. The number of aromatic nitrogens is 1. The van der Waals surface area contributed by atoms with Crippen LogP contribution in [0, 0.1) is 5.82 Å². The molecule has 0 saturated carbocycles. The Morgan fingerprint density at radius 2 is 2.08 bits per heavy atom. The van der Waals surface area contributed by atoms with Gasteiger partial charge in [-0.25, -0.2) is 4.39 Å². The van der Waals surface area contributed by atoms with E-state index in [4.69, 9.17) is 4.74 Å². The van der Waals surface area contributed by atoms with Gasteiger partial charge in [0.25, 0.3) is 0 Å². The van der Waals surface area contributed by atoms with E-state index in [1.807, 2.05) is 6.92 Å². The maximum Gasteiger partial charge on any atom is 0.307 e. The van der Waals surface area contributed by atoms with E-state index >= 15 is 0 Å². The SMILES string of the molecule is CCOC(=O)CCN1CCN(c2nsc3cc(F)ccc23)CC1.Cl. The van der Waals surface area contributed by atoms with Gasteiger partial charge in [-0.3, -0.25) is 9.69 Å². The van der Waals surface area contributed by atoms with Crippen LogP contribution in [-0.2, 0) is 9.53 Å². The molecule has 0 radical (unpaired) electrons. The minimum absolute atomic E-state index is 0. The van der Waals surface area contributed by atoms with Crippen LogP contribution in [0.4, 0.5) is 10.2 Å². The highest BCUT2D eigenvalue weighted by Gasteiger charge is 2.21. The molecule has 0 aliphatic carbocycles. The summed E-state index contributed by atoms with van der Waals surface area (Å²) >= 11 is 1.34. The van der Waals surface area contributed by atoms with Crippen LogP contribution in [0.15, 0.2) is 18.2 Å². The number of piperazine rings is 1. The summed E-state index contributed by atoms with van der Waals surface area (Å²) < 4.78 is 23.6. The van der Waals surface area contributed by atoms with Crippen molar-refractivity contribution in [3.63, 3.8) is 0 Å². The molecule has 132 valence electrons. The molecule has 0 bridgehead atoms. The smallest absolute Gasteiger partial charge is 0.307 e. The van der Waals surface area contributed by atoms with Gasteiger partial charge in [0.15, 0.2) is 0 Å². The van der Waals surface area contributed by atoms with E-state index in [9.17, 15) is 9.18 Å². The number of hydrogen-bond donors (Lipinski definition) is 0. The van der Waals surface area contributed by atoms with Crippen molar-refractivity contribution < 1.29 is 13.9 Å². The molecule has 0 atom stereocenters. The zero-order valence-corrected chi connectivity index (χ0v) is 15.2. The molecule has 1 aromatic carbocycles. The van der Waals surface area contributed by atoms with Crippen molar-refractivity contribution in [2.24, 2.45) is 0 Å². The summed E-state index contributed by atoms with van der Waals surface area (Å²) in [6.45, 7) is 6.48. The Hall–Kier alpha value is -1.44. The lowest BCUT2D eigenvalue weighted by Gasteiger charge is -2.34. The van der Waals surface area contributed by atoms with Gasteiger partial charge in [-0.2, -0.15) is 4.37 Å². The van der Waals surface area contributed by atoms with E-state index in [2.05, 4.69) is 14.2 Å². The van der Waals surface area contributed by atoms with Gasteiger partial charge in [0.2, 0.25) is 0 Å². The summed E-state index contributed by atoms with van der Waals surface area (Å²) in [5, 5.41) is 1.01. The second kappa shape index (κ2) is 8.60. The van der Waals surface area contributed by atoms with E-state index in [0.29, 0.717) is 13.0 Å². The molecule has 0 N–H and O–H groups in total. The number of benzene rings is 1. The molecule has 5 nitrogen and oxygen atoms in total. The number of nitrogens with zero attached hydrogens (tertiary/aromatic N) is 3. The van der Waals surface area contributed by atoms with Crippen LogP contribution in [0.3, 0.4) is 0 Å². The molecule has 2 aromatic rings. The van der Waals surface area contributed by atoms with Gasteiger partial charge >= 0.3 is 5.97 Å². The summed E-state index contributed by atoms with van der Waals surface area (Å²) in [6, 6.07) is 4.82. The van der Waals surface area contributed by atoms with Crippen LogP contribution in [-0.4, -0.2) is 54.6 Å². The normalized spacial score (nSPS) is 15.3. The third kappa shape index (κ3) is 4.34. The predicted octanol–water partition coefficient (Wildman–Crippen LogP) is 2.93. The van der Waals surface area contributed by atoms with Crippen molar-refractivity contribution in [2.75, 3.05) is 44.2 Å². The number of esters is 1. The second-order valence-electron chi connectivity index (χ2n) is 5.53. The molecular weight excluding hydrogens is 353 g/mol. The first-order valence-electron chi connectivity index (χ1n) is 7.85. The maximum absolute atomic E-state index is 13.3. The molecule has 2 heterocycles. The van der Waals surface area contributed by atoms with E-state index in [0.717, 1.165) is 48.6 Å². The van der Waals surface area contributed by atoms with Gasteiger partial charge in [0.05, 0.1) is 17.7 Å². The van der Waals surface area contributed by atoms with Crippen LogP contribution in [0.5, 0.6) is 0 Å². The minimum Gasteiger partial charge on any atom is -0.466 e. The first kappa shape index (κ1) is 18.9. The predicted molar refractivity (Wildman–Crippen MR) is 96.7 cm³/mol. The average molecular weight is 374 g/mol. The zero-order chi connectivity index (χ0) is 16.2.